The molecular weight excluding hydrogens is 361 g/mol. The van der Waals surface area contributed by atoms with Gasteiger partial charge in [0, 0.05) is 30.0 Å². The molecule has 0 spiro atoms. The maximum absolute atomic E-state index is 13.9. The largest absolute Gasteiger partial charge is 0.506 e. The van der Waals surface area contributed by atoms with Gasteiger partial charge in [-0.25, -0.2) is 4.39 Å². The third-order valence-corrected chi connectivity index (χ3v) is 4.63. The summed E-state index contributed by atoms with van der Waals surface area (Å²) in [6.45, 7) is 0. The summed E-state index contributed by atoms with van der Waals surface area (Å²) in [4.78, 5) is 28.5. The minimum atomic E-state index is -0.507. The number of carbonyl (C=O) groups is 2. The fourth-order valence-electron chi connectivity index (χ4n) is 3.23. The number of ether oxygens (including phenoxy) is 1. The normalized spacial score (nSPS) is 14.4. The van der Waals surface area contributed by atoms with Crippen LogP contribution >= 0.6 is 0 Å². The number of fused-ring (bicyclic) bond motifs is 1. The molecule has 1 aliphatic rings. The number of para-hydroxylation sites is 1. The van der Waals surface area contributed by atoms with E-state index in [9.17, 15) is 19.1 Å². The standard InChI is InChI=1S/C22H16FNO4/c23-15-4-1-2-7-20(15)28-19-10-11-24-16-9-8-13(12-14(16)19)22(27)21-17(25)5-3-6-18(21)26/h1-2,4,7-12,27H,3,5-6H2. The highest BCUT2D eigenvalue weighted by Crippen LogP contribution is 2.33. The summed E-state index contributed by atoms with van der Waals surface area (Å²) in [5.41, 5.74) is 0.709. The van der Waals surface area contributed by atoms with Gasteiger partial charge in [0.2, 0.25) is 0 Å². The third-order valence-electron chi connectivity index (χ3n) is 4.63. The van der Waals surface area contributed by atoms with E-state index in [1.165, 1.54) is 18.3 Å². The zero-order valence-electron chi connectivity index (χ0n) is 14.8. The first-order valence-corrected chi connectivity index (χ1v) is 8.86. The van der Waals surface area contributed by atoms with Gasteiger partial charge in [0.15, 0.2) is 23.1 Å². The Balaban J connectivity index is 1.81. The second-order valence-corrected chi connectivity index (χ2v) is 6.50. The SMILES string of the molecule is O=C1CCCC(=O)C1=C(O)c1ccc2nccc(Oc3ccccc3F)c2c1. The van der Waals surface area contributed by atoms with E-state index >= 15 is 0 Å². The maximum atomic E-state index is 13.9. The molecule has 0 saturated heterocycles. The second-order valence-electron chi connectivity index (χ2n) is 6.50. The molecule has 1 aromatic heterocycles. The molecule has 0 unspecified atom stereocenters. The average molecular weight is 377 g/mol. The fourth-order valence-corrected chi connectivity index (χ4v) is 3.23. The summed E-state index contributed by atoms with van der Waals surface area (Å²) >= 11 is 0. The number of ketones is 2. The van der Waals surface area contributed by atoms with Gasteiger partial charge in [0.1, 0.15) is 17.1 Å². The fraction of sp³-hybridized carbons (Fsp3) is 0.136. The molecule has 0 radical (unpaired) electrons. The Labute approximate surface area is 160 Å². The van der Waals surface area contributed by atoms with Crippen LogP contribution in [0.3, 0.4) is 0 Å². The van der Waals surface area contributed by atoms with Crippen LogP contribution in [0.4, 0.5) is 4.39 Å². The molecule has 2 aromatic carbocycles. The lowest BCUT2D eigenvalue weighted by Crippen LogP contribution is -2.20. The second kappa shape index (κ2) is 7.23. The Bertz CT molecular complexity index is 1120. The van der Waals surface area contributed by atoms with Crippen LogP contribution in [-0.4, -0.2) is 21.7 Å². The summed E-state index contributed by atoms with van der Waals surface area (Å²) in [5.74, 6) is -1.17. The van der Waals surface area contributed by atoms with Gasteiger partial charge in [0.05, 0.1) is 5.52 Å². The van der Waals surface area contributed by atoms with Crippen molar-refractivity contribution in [2.75, 3.05) is 0 Å². The molecule has 28 heavy (non-hydrogen) atoms. The Morgan fingerprint density at radius 1 is 1.00 bits per heavy atom. The summed E-state index contributed by atoms with van der Waals surface area (Å²) in [7, 11) is 0. The molecular formula is C22H16FNO4. The quantitative estimate of drug-likeness (QED) is 0.405. The molecule has 0 amide bonds. The van der Waals surface area contributed by atoms with Crippen molar-refractivity contribution in [1.82, 2.24) is 4.98 Å². The molecule has 0 bridgehead atoms. The van der Waals surface area contributed by atoms with E-state index in [0.717, 1.165) is 0 Å². The molecule has 0 atom stereocenters. The maximum Gasteiger partial charge on any atom is 0.170 e. The highest BCUT2D eigenvalue weighted by Gasteiger charge is 2.27. The average Bonchev–Trinajstić information content (AvgIpc) is 2.69. The first-order valence-electron chi connectivity index (χ1n) is 8.86. The number of pyridine rings is 1. The first-order chi connectivity index (χ1) is 13.5. The van der Waals surface area contributed by atoms with Crippen LogP contribution in [-0.2, 0) is 9.59 Å². The van der Waals surface area contributed by atoms with E-state index in [1.54, 1.807) is 36.4 Å². The Morgan fingerprint density at radius 3 is 2.50 bits per heavy atom. The predicted octanol–water partition coefficient (Wildman–Crippen LogP) is 4.76. The van der Waals surface area contributed by atoms with Crippen LogP contribution in [0.25, 0.3) is 16.7 Å². The predicted molar refractivity (Wildman–Crippen MR) is 102 cm³/mol. The van der Waals surface area contributed by atoms with E-state index < -0.39 is 5.82 Å². The van der Waals surface area contributed by atoms with Gasteiger partial charge in [-0.2, -0.15) is 0 Å². The minimum Gasteiger partial charge on any atom is -0.506 e. The first kappa shape index (κ1) is 17.9. The number of hydrogen-bond donors (Lipinski definition) is 1. The van der Waals surface area contributed by atoms with Crippen LogP contribution < -0.4 is 4.74 Å². The molecule has 3 aromatic rings. The molecule has 1 aliphatic carbocycles. The van der Waals surface area contributed by atoms with Gasteiger partial charge in [-0.1, -0.05) is 12.1 Å². The van der Waals surface area contributed by atoms with Crippen LogP contribution in [0, 0.1) is 5.82 Å². The van der Waals surface area contributed by atoms with Crippen molar-refractivity contribution in [3.05, 3.63) is 71.7 Å². The smallest absolute Gasteiger partial charge is 0.170 e. The van der Waals surface area contributed by atoms with E-state index in [-0.39, 0.29) is 41.5 Å². The molecule has 4 rings (SSSR count). The monoisotopic (exact) mass is 377 g/mol. The number of benzene rings is 2. The van der Waals surface area contributed by atoms with Crippen LogP contribution in [0.5, 0.6) is 11.5 Å². The van der Waals surface area contributed by atoms with Crippen LogP contribution in [0.2, 0.25) is 0 Å². The zero-order chi connectivity index (χ0) is 19.7. The number of nitrogens with zero attached hydrogens (tertiary/aromatic N) is 1. The van der Waals surface area contributed by atoms with Gasteiger partial charge in [-0.05, 0) is 42.8 Å². The zero-order valence-corrected chi connectivity index (χ0v) is 14.8. The van der Waals surface area contributed by atoms with Crippen molar-refractivity contribution in [2.24, 2.45) is 0 Å². The van der Waals surface area contributed by atoms with E-state index in [0.29, 0.717) is 28.6 Å². The number of halogens is 1. The van der Waals surface area contributed by atoms with Gasteiger partial charge in [-0.15, -0.1) is 0 Å². The Kier molecular flexibility index (Phi) is 4.61. The Hall–Kier alpha value is -3.54. The van der Waals surface area contributed by atoms with Crippen LogP contribution in [0.1, 0.15) is 24.8 Å². The summed E-state index contributed by atoms with van der Waals surface area (Å²) in [5, 5.41) is 11.1. The Morgan fingerprint density at radius 2 is 1.75 bits per heavy atom. The van der Waals surface area contributed by atoms with Gasteiger partial charge in [-0.3, -0.25) is 14.6 Å². The molecule has 1 heterocycles. The van der Waals surface area contributed by atoms with Crippen molar-refractivity contribution in [1.29, 1.82) is 0 Å². The van der Waals surface area contributed by atoms with Crippen molar-refractivity contribution in [2.45, 2.75) is 19.3 Å². The topological polar surface area (TPSA) is 76.5 Å². The number of hydrogen-bond acceptors (Lipinski definition) is 5. The van der Waals surface area contributed by atoms with Crippen molar-refractivity contribution >= 4 is 28.2 Å². The van der Waals surface area contributed by atoms with E-state index in [4.69, 9.17) is 4.74 Å². The highest BCUT2D eigenvalue weighted by molar-refractivity contribution is 6.25. The molecule has 6 heteroatoms. The van der Waals surface area contributed by atoms with Gasteiger partial charge >= 0.3 is 0 Å². The summed E-state index contributed by atoms with van der Waals surface area (Å²) in [6, 6.07) is 12.4. The molecule has 1 saturated carbocycles. The van der Waals surface area contributed by atoms with Crippen molar-refractivity contribution in [3.8, 4) is 11.5 Å². The molecule has 0 aliphatic heterocycles. The number of allylic oxidation sites excluding steroid dienone is 1. The van der Waals surface area contributed by atoms with Crippen LogP contribution in [0.15, 0.2) is 60.3 Å². The number of carbonyl (C=O) groups excluding carboxylic acids is 2. The number of aliphatic hydroxyl groups excluding tert-OH is 1. The summed E-state index contributed by atoms with van der Waals surface area (Å²) < 4.78 is 19.6. The highest BCUT2D eigenvalue weighted by atomic mass is 19.1. The number of aromatic nitrogens is 1. The van der Waals surface area contributed by atoms with Gasteiger partial charge < -0.3 is 9.84 Å². The van der Waals surface area contributed by atoms with Crippen molar-refractivity contribution in [3.63, 3.8) is 0 Å². The molecule has 1 fully saturated rings. The van der Waals surface area contributed by atoms with E-state index in [1.807, 2.05) is 0 Å². The number of rotatable bonds is 3. The third kappa shape index (κ3) is 3.24. The minimum absolute atomic E-state index is 0.0561. The number of Topliss-reactive ketones (excluding diaryl/α,β-unsaturated/α-hetero) is 2. The lowest BCUT2D eigenvalue weighted by atomic mass is 9.89. The van der Waals surface area contributed by atoms with Gasteiger partial charge in [0.25, 0.3) is 0 Å². The van der Waals surface area contributed by atoms with E-state index in [2.05, 4.69) is 4.98 Å². The summed E-state index contributed by atoms with van der Waals surface area (Å²) in [6.07, 6.45) is 2.51. The lowest BCUT2D eigenvalue weighted by Gasteiger charge is -2.15. The molecule has 140 valence electrons. The van der Waals surface area contributed by atoms with Crippen molar-refractivity contribution < 1.29 is 23.8 Å². The number of aliphatic hydroxyl groups is 1. The lowest BCUT2D eigenvalue weighted by molar-refractivity contribution is -0.123. The molecule has 5 nitrogen and oxygen atoms in total. The molecule has 1 N–H and O–H groups in total.